The van der Waals surface area contributed by atoms with Crippen LogP contribution in [0.1, 0.15) is 22.5 Å². The molecule has 0 spiro atoms. The number of benzene rings is 1. The topological polar surface area (TPSA) is 81.5 Å². The first-order valence-electron chi connectivity index (χ1n) is 7.97. The van der Waals surface area contributed by atoms with Crippen LogP contribution in [0.4, 0.5) is 0 Å². The molecule has 2 aromatic rings. The summed E-state index contributed by atoms with van der Waals surface area (Å²) in [5.41, 5.74) is 2.09. The number of halogens is 1. The third-order valence-electron chi connectivity index (χ3n) is 4.46. The van der Waals surface area contributed by atoms with Gasteiger partial charge >= 0.3 is 5.97 Å². The third kappa shape index (κ3) is 3.73. The Morgan fingerprint density at radius 1 is 1.32 bits per heavy atom. The highest BCUT2D eigenvalue weighted by atomic mass is 79.9. The molecule has 9 heteroatoms. The van der Waals surface area contributed by atoms with Gasteiger partial charge in [0.05, 0.1) is 24.1 Å². The maximum Gasteiger partial charge on any atom is 0.359 e. The molecule has 0 unspecified atom stereocenters. The minimum Gasteiger partial charge on any atom is -0.464 e. The predicted molar refractivity (Wildman–Crippen MR) is 98.3 cm³/mol. The minimum absolute atomic E-state index is 0.188. The molecule has 1 saturated heterocycles. The van der Waals surface area contributed by atoms with Crippen LogP contribution in [0.2, 0.25) is 0 Å². The Morgan fingerprint density at radius 2 is 2.08 bits per heavy atom. The number of esters is 1. The van der Waals surface area contributed by atoms with E-state index < -0.39 is 15.8 Å². The molecule has 1 aliphatic heterocycles. The van der Waals surface area contributed by atoms with Gasteiger partial charge in [-0.1, -0.05) is 6.07 Å². The fraction of sp³-hybridized carbons (Fsp3) is 0.500. The fourth-order valence-electron chi connectivity index (χ4n) is 3.11. The van der Waals surface area contributed by atoms with Crippen LogP contribution >= 0.6 is 15.9 Å². The second kappa shape index (κ2) is 7.05. The Kier molecular flexibility index (Phi) is 5.17. The van der Waals surface area contributed by atoms with Gasteiger partial charge in [0, 0.05) is 30.0 Å². The number of methoxy groups -OCH3 is 1. The van der Waals surface area contributed by atoms with E-state index in [1.165, 1.54) is 7.11 Å². The number of fused-ring (bicyclic) bond motifs is 1. The quantitative estimate of drug-likeness (QED) is 0.691. The second-order valence-corrected chi connectivity index (χ2v) is 9.27. The van der Waals surface area contributed by atoms with E-state index in [9.17, 15) is 13.2 Å². The van der Waals surface area contributed by atoms with Gasteiger partial charge < -0.3 is 4.74 Å². The fourth-order valence-corrected chi connectivity index (χ4v) is 5.07. The van der Waals surface area contributed by atoms with E-state index in [4.69, 9.17) is 4.74 Å². The number of nitrogens with zero attached hydrogens (tertiary/aromatic N) is 3. The standard InChI is InChI=1S/C16H20BrN3O4S/c1-19-12-5-4-11(10-20-6-3-8-25(22,23)9-7-20)14(17)13(12)15(18-19)16(21)24-2/h4-5H,3,6-10H2,1-2H3. The highest BCUT2D eigenvalue weighted by molar-refractivity contribution is 9.10. The molecule has 1 fully saturated rings. The summed E-state index contributed by atoms with van der Waals surface area (Å²) in [6.45, 7) is 1.87. The molecular weight excluding hydrogens is 410 g/mol. The molecular formula is C16H20BrN3O4S. The summed E-state index contributed by atoms with van der Waals surface area (Å²) in [6.07, 6.45) is 0.641. The maximum absolute atomic E-state index is 12.0. The Morgan fingerprint density at radius 3 is 2.80 bits per heavy atom. The number of sulfone groups is 1. The molecule has 136 valence electrons. The van der Waals surface area contributed by atoms with Crippen molar-refractivity contribution in [3.8, 4) is 0 Å². The molecule has 0 N–H and O–H groups in total. The van der Waals surface area contributed by atoms with E-state index >= 15 is 0 Å². The van der Waals surface area contributed by atoms with Crippen LogP contribution in [0, 0.1) is 0 Å². The average molecular weight is 430 g/mol. The monoisotopic (exact) mass is 429 g/mol. The molecule has 0 radical (unpaired) electrons. The first kappa shape index (κ1) is 18.3. The van der Waals surface area contributed by atoms with Crippen molar-refractivity contribution in [3.63, 3.8) is 0 Å². The number of carbonyl (C=O) groups excluding carboxylic acids is 1. The third-order valence-corrected chi connectivity index (χ3v) is 7.08. The lowest BCUT2D eigenvalue weighted by Crippen LogP contribution is -2.26. The van der Waals surface area contributed by atoms with Gasteiger partial charge in [0.25, 0.3) is 0 Å². The number of hydrogen-bond acceptors (Lipinski definition) is 6. The van der Waals surface area contributed by atoms with Gasteiger partial charge in [0.1, 0.15) is 0 Å². The molecule has 0 aliphatic carbocycles. The van der Waals surface area contributed by atoms with Gasteiger partial charge in [0.15, 0.2) is 15.5 Å². The van der Waals surface area contributed by atoms with E-state index in [1.54, 1.807) is 11.7 Å². The van der Waals surface area contributed by atoms with Crippen LogP contribution in [0.3, 0.4) is 0 Å². The number of carbonyl (C=O) groups is 1. The van der Waals surface area contributed by atoms with Gasteiger partial charge in [-0.2, -0.15) is 5.10 Å². The van der Waals surface area contributed by atoms with Crippen LogP contribution in [0.25, 0.3) is 10.9 Å². The predicted octanol–water partition coefficient (Wildman–Crippen LogP) is 1.74. The van der Waals surface area contributed by atoms with Crippen molar-refractivity contribution in [2.45, 2.75) is 13.0 Å². The SMILES string of the molecule is COC(=O)c1nn(C)c2ccc(CN3CCCS(=O)(=O)CC3)c(Br)c12. The maximum atomic E-state index is 12.0. The first-order chi connectivity index (χ1) is 11.8. The van der Waals surface area contributed by atoms with Crippen molar-refractivity contribution < 1.29 is 17.9 Å². The number of aromatic nitrogens is 2. The van der Waals surface area contributed by atoms with Crippen LogP contribution in [-0.2, 0) is 28.2 Å². The minimum atomic E-state index is -2.94. The number of ether oxygens (including phenoxy) is 1. The summed E-state index contributed by atoms with van der Waals surface area (Å²) in [4.78, 5) is 14.1. The van der Waals surface area contributed by atoms with E-state index in [0.29, 0.717) is 24.9 Å². The average Bonchev–Trinajstić information content (AvgIpc) is 2.81. The van der Waals surface area contributed by atoms with E-state index in [0.717, 1.165) is 22.1 Å². The van der Waals surface area contributed by atoms with E-state index in [-0.39, 0.29) is 17.2 Å². The van der Waals surface area contributed by atoms with Gasteiger partial charge in [-0.25, -0.2) is 13.2 Å². The summed E-state index contributed by atoms with van der Waals surface area (Å²) < 4.78 is 30.8. The Hall–Kier alpha value is -1.45. The lowest BCUT2D eigenvalue weighted by molar-refractivity contribution is 0.0595. The van der Waals surface area contributed by atoms with Crippen LogP contribution in [-0.4, -0.2) is 60.8 Å². The summed E-state index contributed by atoms with van der Waals surface area (Å²) in [7, 11) is 0.175. The normalized spacial score (nSPS) is 18.2. The molecule has 7 nitrogen and oxygen atoms in total. The molecule has 3 rings (SSSR count). The number of rotatable bonds is 3. The summed E-state index contributed by atoms with van der Waals surface area (Å²) in [5, 5.41) is 4.98. The molecule has 0 amide bonds. The van der Waals surface area contributed by atoms with E-state index in [2.05, 4.69) is 25.9 Å². The zero-order valence-electron chi connectivity index (χ0n) is 14.2. The largest absolute Gasteiger partial charge is 0.464 e. The summed E-state index contributed by atoms with van der Waals surface area (Å²) in [6, 6.07) is 3.90. The van der Waals surface area contributed by atoms with Crippen molar-refractivity contribution in [1.82, 2.24) is 14.7 Å². The Bertz CT molecular complexity index is 923. The summed E-state index contributed by atoms with van der Waals surface area (Å²) >= 11 is 3.61. The highest BCUT2D eigenvalue weighted by Crippen LogP contribution is 2.31. The van der Waals surface area contributed by atoms with Gasteiger partial charge in [0.2, 0.25) is 0 Å². The second-order valence-electron chi connectivity index (χ2n) is 6.18. The van der Waals surface area contributed by atoms with Crippen LogP contribution in [0.5, 0.6) is 0 Å². The van der Waals surface area contributed by atoms with Crippen molar-refractivity contribution in [2.75, 3.05) is 31.7 Å². The van der Waals surface area contributed by atoms with Gasteiger partial charge in [-0.15, -0.1) is 0 Å². The van der Waals surface area contributed by atoms with E-state index in [1.807, 2.05) is 12.1 Å². The van der Waals surface area contributed by atoms with Gasteiger partial charge in [-0.3, -0.25) is 9.58 Å². The smallest absolute Gasteiger partial charge is 0.359 e. The molecule has 1 aliphatic rings. The van der Waals surface area contributed by atoms with Crippen molar-refractivity contribution >= 4 is 42.6 Å². The van der Waals surface area contributed by atoms with Crippen LogP contribution in [0.15, 0.2) is 16.6 Å². The molecule has 1 aromatic heterocycles. The first-order valence-corrected chi connectivity index (χ1v) is 10.6. The number of hydrogen-bond donors (Lipinski definition) is 0. The van der Waals surface area contributed by atoms with Crippen molar-refractivity contribution in [3.05, 3.63) is 27.9 Å². The molecule has 25 heavy (non-hydrogen) atoms. The lowest BCUT2D eigenvalue weighted by Gasteiger charge is -2.20. The molecule has 0 bridgehead atoms. The lowest BCUT2D eigenvalue weighted by atomic mass is 10.1. The zero-order chi connectivity index (χ0) is 18.2. The Balaban J connectivity index is 1.95. The Labute approximate surface area is 155 Å². The molecule has 1 aromatic carbocycles. The van der Waals surface area contributed by atoms with Crippen LogP contribution < -0.4 is 0 Å². The zero-order valence-corrected chi connectivity index (χ0v) is 16.6. The van der Waals surface area contributed by atoms with Crippen molar-refractivity contribution in [2.24, 2.45) is 7.05 Å². The van der Waals surface area contributed by atoms with Gasteiger partial charge in [-0.05, 0) is 40.5 Å². The number of aryl methyl sites for hydroxylation is 1. The highest BCUT2D eigenvalue weighted by Gasteiger charge is 2.23. The summed E-state index contributed by atoms with van der Waals surface area (Å²) in [5.74, 6) is -0.0456. The molecule has 0 atom stereocenters. The molecule has 2 heterocycles. The molecule has 0 saturated carbocycles. The van der Waals surface area contributed by atoms with Crippen molar-refractivity contribution in [1.29, 1.82) is 0 Å².